The van der Waals surface area contributed by atoms with Gasteiger partial charge >= 0.3 is 0 Å². The van der Waals surface area contributed by atoms with Crippen LogP contribution >= 0.6 is 0 Å². The highest BCUT2D eigenvalue weighted by Gasteiger charge is 2.08. The lowest BCUT2D eigenvalue weighted by molar-refractivity contribution is 0.417. The third kappa shape index (κ3) is 2.18. The topological polar surface area (TPSA) is 53.1 Å². The summed E-state index contributed by atoms with van der Waals surface area (Å²) in [6, 6.07) is 5.84. The van der Waals surface area contributed by atoms with Crippen LogP contribution in [0.3, 0.4) is 0 Å². The van der Waals surface area contributed by atoms with E-state index in [9.17, 15) is 0 Å². The van der Waals surface area contributed by atoms with Crippen molar-refractivity contribution < 1.29 is 4.74 Å². The van der Waals surface area contributed by atoms with E-state index in [-0.39, 0.29) is 0 Å². The van der Waals surface area contributed by atoms with Crippen LogP contribution < -0.4 is 10.5 Å². The number of methoxy groups -OCH3 is 1. The second kappa shape index (κ2) is 4.72. The number of nitrogens with two attached hydrogens (primary N) is 1. The molecular formula is C14H19N3O. The van der Waals surface area contributed by atoms with E-state index in [0.717, 1.165) is 17.8 Å². The molecule has 0 saturated carbocycles. The van der Waals surface area contributed by atoms with Crippen LogP contribution in [-0.4, -0.2) is 16.9 Å². The third-order valence-corrected chi connectivity index (χ3v) is 3.37. The quantitative estimate of drug-likeness (QED) is 0.845. The SMILES string of the molecule is COc1ccc(Cn2nc(C)c(C)c2C)cc1N. The van der Waals surface area contributed by atoms with Crippen LogP contribution in [0.4, 0.5) is 5.69 Å². The summed E-state index contributed by atoms with van der Waals surface area (Å²) in [4.78, 5) is 0. The second-order valence-electron chi connectivity index (χ2n) is 4.53. The number of hydrogen-bond donors (Lipinski definition) is 1. The first-order valence-corrected chi connectivity index (χ1v) is 5.96. The molecular weight excluding hydrogens is 226 g/mol. The molecule has 18 heavy (non-hydrogen) atoms. The molecule has 2 aromatic rings. The van der Waals surface area contributed by atoms with Gasteiger partial charge in [-0.05, 0) is 44.0 Å². The van der Waals surface area contributed by atoms with Gasteiger partial charge in [-0.1, -0.05) is 6.07 Å². The zero-order valence-electron chi connectivity index (χ0n) is 11.3. The van der Waals surface area contributed by atoms with E-state index >= 15 is 0 Å². The van der Waals surface area contributed by atoms with E-state index in [2.05, 4.69) is 18.9 Å². The largest absolute Gasteiger partial charge is 0.495 e. The summed E-state index contributed by atoms with van der Waals surface area (Å²) in [5.41, 5.74) is 11.2. The van der Waals surface area contributed by atoms with Gasteiger partial charge in [0.25, 0.3) is 0 Å². The normalized spacial score (nSPS) is 10.7. The average molecular weight is 245 g/mol. The molecule has 1 heterocycles. The van der Waals surface area contributed by atoms with E-state index < -0.39 is 0 Å². The minimum atomic E-state index is 0.660. The van der Waals surface area contributed by atoms with Gasteiger partial charge in [0.15, 0.2) is 0 Å². The maximum atomic E-state index is 5.90. The number of nitrogens with zero attached hydrogens (tertiary/aromatic N) is 2. The standard InChI is InChI=1S/C14H19N3O/c1-9-10(2)16-17(11(9)3)8-12-5-6-14(18-4)13(15)7-12/h5-7H,8,15H2,1-4H3. The molecule has 0 bridgehead atoms. The maximum absolute atomic E-state index is 5.90. The zero-order valence-corrected chi connectivity index (χ0v) is 11.3. The minimum absolute atomic E-state index is 0.660. The molecule has 0 aliphatic rings. The van der Waals surface area contributed by atoms with Gasteiger partial charge in [0.1, 0.15) is 5.75 Å². The molecule has 0 fully saturated rings. The molecule has 0 aliphatic carbocycles. The Morgan fingerprint density at radius 3 is 2.50 bits per heavy atom. The molecule has 0 spiro atoms. The monoisotopic (exact) mass is 245 g/mol. The van der Waals surface area contributed by atoms with Gasteiger partial charge in [-0.2, -0.15) is 5.10 Å². The molecule has 1 aromatic heterocycles. The Morgan fingerprint density at radius 2 is 2.00 bits per heavy atom. The molecule has 0 aliphatic heterocycles. The lowest BCUT2D eigenvalue weighted by Gasteiger charge is -2.08. The Morgan fingerprint density at radius 1 is 1.28 bits per heavy atom. The number of benzene rings is 1. The van der Waals surface area contributed by atoms with Gasteiger partial charge in [0.2, 0.25) is 0 Å². The third-order valence-electron chi connectivity index (χ3n) is 3.37. The highest BCUT2D eigenvalue weighted by Crippen LogP contribution is 2.23. The van der Waals surface area contributed by atoms with Crippen LogP contribution in [0, 0.1) is 20.8 Å². The number of aromatic nitrogens is 2. The second-order valence-corrected chi connectivity index (χ2v) is 4.53. The molecule has 96 valence electrons. The van der Waals surface area contributed by atoms with E-state index in [1.54, 1.807) is 7.11 Å². The first-order chi connectivity index (χ1) is 8.52. The summed E-state index contributed by atoms with van der Waals surface area (Å²) in [5, 5.41) is 4.52. The summed E-state index contributed by atoms with van der Waals surface area (Å²) < 4.78 is 7.16. The average Bonchev–Trinajstić information content (AvgIpc) is 2.57. The highest BCUT2D eigenvalue weighted by atomic mass is 16.5. The Balaban J connectivity index is 2.28. The molecule has 0 atom stereocenters. The van der Waals surface area contributed by atoms with Crippen LogP contribution in [0.15, 0.2) is 18.2 Å². The fourth-order valence-corrected chi connectivity index (χ4v) is 2.00. The molecule has 0 amide bonds. The Bertz CT molecular complexity index is 573. The number of aryl methyl sites for hydroxylation is 1. The predicted molar refractivity (Wildman–Crippen MR) is 72.9 cm³/mol. The van der Waals surface area contributed by atoms with Crippen molar-refractivity contribution in [3.8, 4) is 5.75 Å². The molecule has 2 rings (SSSR count). The number of rotatable bonds is 3. The lowest BCUT2D eigenvalue weighted by atomic mass is 10.2. The maximum Gasteiger partial charge on any atom is 0.141 e. The van der Waals surface area contributed by atoms with Crippen LogP contribution in [-0.2, 0) is 6.54 Å². The van der Waals surface area contributed by atoms with E-state index in [0.29, 0.717) is 11.4 Å². The fraction of sp³-hybridized carbons (Fsp3) is 0.357. The van der Waals surface area contributed by atoms with Crippen molar-refractivity contribution in [3.05, 3.63) is 40.7 Å². The van der Waals surface area contributed by atoms with Crippen molar-refractivity contribution in [1.29, 1.82) is 0 Å². The number of hydrogen-bond acceptors (Lipinski definition) is 3. The van der Waals surface area contributed by atoms with Crippen molar-refractivity contribution in [2.45, 2.75) is 27.3 Å². The van der Waals surface area contributed by atoms with E-state index in [1.165, 1.54) is 11.3 Å². The predicted octanol–water partition coefficient (Wildman–Crippen LogP) is 2.45. The number of ether oxygens (including phenoxy) is 1. The number of anilines is 1. The first-order valence-electron chi connectivity index (χ1n) is 5.96. The smallest absolute Gasteiger partial charge is 0.141 e. The van der Waals surface area contributed by atoms with Gasteiger partial charge in [0, 0.05) is 5.69 Å². The summed E-state index contributed by atoms with van der Waals surface area (Å²) in [6.07, 6.45) is 0. The summed E-state index contributed by atoms with van der Waals surface area (Å²) in [6.45, 7) is 6.94. The fourth-order valence-electron chi connectivity index (χ4n) is 2.00. The molecule has 0 radical (unpaired) electrons. The highest BCUT2D eigenvalue weighted by molar-refractivity contribution is 5.54. The van der Waals surface area contributed by atoms with Crippen molar-refractivity contribution >= 4 is 5.69 Å². The van der Waals surface area contributed by atoms with Crippen LogP contribution in [0.2, 0.25) is 0 Å². The van der Waals surface area contributed by atoms with Gasteiger partial charge in [-0.3, -0.25) is 4.68 Å². The zero-order chi connectivity index (χ0) is 13.3. The van der Waals surface area contributed by atoms with Crippen LogP contribution in [0.5, 0.6) is 5.75 Å². The Hall–Kier alpha value is -1.97. The summed E-state index contributed by atoms with van der Waals surface area (Å²) >= 11 is 0. The Labute approximate surface area is 107 Å². The molecule has 0 saturated heterocycles. The van der Waals surface area contributed by atoms with Crippen LogP contribution in [0.1, 0.15) is 22.5 Å². The Kier molecular flexibility index (Phi) is 3.28. The molecule has 1 aromatic carbocycles. The van der Waals surface area contributed by atoms with Gasteiger partial charge in [-0.15, -0.1) is 0 Å². The lowest BCUT2D eigenvalue weighted by Crippen LogP contribution is -2.05. The summed E-state index contributed by atoms with van der Waals surface area (Å²) in [5.74, 6) is 0.711. The first kappa shape index (κ1) is 12.5. The molecule has 2 N–H and O–H groups in total. The van der Waals surface area contributed by atoms with E-state index in [4.69, 9.17) is 10.5 Å². The van der Waals surface area contributed by atoms with Crippen molar-refractivity contribution in [1.82, 2.24) is 9.78 Å². The van der Waals surface area contributed by atoms with Crippen molar-refractivity contribution in [2.75, 3.05) is 12.8 Å². The van der Waals surface area contributed by atoms with Gasteiger partial charge in [0.05, 0.1) is 25.0 Å². The van der Waals surface area contributed by atoms with Gasteiger partial charge < -0.3 is 10.5 Å². The van der Waals surface area contributed by atoms with Crippen LogP contribution in [0.25, 0.3) is 0 Å². The summed E-state index contributed by atoms with van der Waals surface area (Å²) in [7, 11) is 1.62. The van der Waals surface area contributed by atoms with Gasteiger partial charge in [-0.25, -0.2) is 0 Å². The molecule has 0 unspecified atom stereocenters. The number of nitrogen functional groups attached to an aromatic ring is 1. The molecule has 4 nitrogen and oxygen atoms in total. The minimum Gasteiger partial charge on any atom is -0.495 e. The van der Waals surface area contributed by atoms with Crippen molar-refractivity contribution in [2.24, 2.45) is 0 Å². The van der Waals surface area contributed by atoms with Crippen molar-refractivity contribution in [3.63, 3.8) is 0 Å². The van der Waals surface area contributed by atoms with E-state index in [1.807, 2.05) is 29.8 Å². The molecule has 4 heteroatoms.